The fourth-order valence-corrected chi connectivity index (χ4v) is 4.71. The monoisotopic (exact) mass is 396 g/mol. The Morgan fingerprint density at radius 3 is 2.67 bits per heavy atom. The third-order valence-electron chi connectivity index (χ3n) is 3.95. The molecule has 2 rings (SSSR count). The molecule has 1 aliphatic rings. The minimum absolute atomic E-state index is 0.0139. The first-order valence-corrected chi connectivity index (χ1v) is 9.46. The van der Waals surface area contributed by atoms with Crippen LogP contribution in [-0.2, 0) is 10.0 Å². The Kier molecular flexibility index (Phi) is 5.65. The van der Waals surface area contributed by atoms with Crippen LogP contribution in [0.15, 0.2) is 21.6 Å². The summed E-state index contributed by atoms with van der Waals surface area (Å²) in [6.45, 7) is 0.203. The largest absolute Gasteiger partial charge is 0.396 e. The average Bonchev–Trinajstić information content (AvgIpc) is 2.49. The number of hydrogen-bond donors (Lipinski definition) is 2. The zero-order valence-electron chi connectivity index (χ0n) is 11.5. The number of hydrogen-bond acceptors (Lipinski definition) is 4. The van der Waals surface area contributed by atoms with E-state index >= 15 is 0 Å². The summed E-state index contributed by atoms with van der Waals surface area (Å²) in [5, 5.41) is 9.56. The van der Waals surface area contributed by atoms with Crippen LogP contribution >= 0.6 is 27.5 Å². The Morgan fingerprint density at radius 2 is 2.05 bits per heavy atom. The SMILES string of the molecule is O=S(=O)(NCC1(CO)CCCCC1)c1cc(Br)cnc1Cl. The van der Waals surface area contributed by atoms with Gasteiger partial charge in [0.25, 0.3) is 0 Å². The lowest BCUT2D eigenvalue weighted by Gasteiger charge is -2.35. The van der Waals surface area contributed by atoms with Gasteiger partial charge in [-0.2, -0.15) is 0 Å². The van der Waals surface area contributed by atoms with Gasteiger partial charge in [0, 0.05) is 29.2 Å². The summed E-state index contributed by atoms with van der Waals surface area (Å²) in [7, 11) is -3.75. The number of aliphatic hydroxyl groups is 1. The number of sulfonamides is 1. The maximum atomic E-state index is 12.4. The summed E-state index contributed by atoms with van der Waals surface area (Å²) in [5.74, 6) is 0. The van der Waals surface area contributed by atoms with Crippen molar-refractivity contribution in [3.05, 3.63) is 21.9 Å². The first kappa shape index (κ1) is 17.1. The summed E-state index contributed by atoms with van der Waals surface area (Å²) < 4.78 is 27.9. The predicted molar refractivity (Wildman–Crippen MR) is 84.7 cm³/mol. The predicted octanol–water partition coefficient (Wildman–Crippen LogP) is 2.72. The van der Waals surface area contributed by atoms with E-state index in [1.165, 1.54) is 12.3 Å². The zero-order chi connectivity index (χ0) is 15.5. The first-order valence-electron chi connectivity index (χ1n) is 6.80. The van der Waals surface area contributed by atoms with Gasteiger partial charge in [0.1, 0.15) is 10.0 Å². The lowest BCUT2D eigenvalue weighted by Crippen LogP contribution is -2.41. The van der Waals surface area contributed by atoms with Gasteiger partial charge in [-0.05, 0) is 34.8 Å². The highest BCUT2D eigenvalue weighted by Crippen LogP contribution is 2.35. The van der Waals surface area contributed by atoms with E-state index in [0.717, 1.165) is 32.1 Å². The maximum absolute atomic E-state index is 12.4. The third kappa shape index (κ3) is 4.16. The molecule has 118 valence electrons. The Balaban J connectivity index is 2.15. The van der Waals surface area contributed by atoms with Crippen LogP contribution in [0.25, 0.3) is 0 Å². The molecular weight excluding hydrogens is 380 g/mol. The van der Waals surface area contributed by atoms with Crippen molar-refractivity contribution in [1.29, 1.82) is 0 Å². The first-order chi connectivity index (χ1) is 9.88. The lowest BCUT2D eigenvalue weighted by atomic mass is 9.75. The van der Waals surface area contributed by atoms with Crippen LogP contribution in [0.1, 0.15) is 32.1 Å². The molecule has 8 heteroatoms. The molecule has 1 saturated carbocycles. The molecule has 1 aromatic heterocycles. The van der Waals surface area contributed by atoms with Gasteiger partial charge in [0.15, 0.2) is 0 Å². The Morgan fingerprint density at radius 1 is 1.38 bits per heavy atom. The Labute approximate surface area is 138 Å². The maximum Gasteiger partial charge on any atom is 0.243 e. The molecule has 0 aliphatic heterocycles. The molecule has 1 fully saturated rings. The molecule has 0 unspecified atom stereocenters. The standard InChI is InChI=1S/C13H18BrClN2O3S/c14-10-6-11(12(15)16-7-10)21(19,20)17-8-13(9-18)4-2-1-3-5-13/h6-7,17-18H,1-5,8-9H2. The lowest BCUT2D eigenvalue weighted by molar-refractivity contribution is 0.0867. The molecular formula is C13H18BrClN2O3S. The van der Waals surface area contributed by atoms with Crippen LogP contribution in [-0.4, -0.2) is 31.7 Å². The quantitative estimate of drug-likeness (QED) is 0.749. The van der Waals surface area contributed by atoms with Crippen LogP contribution in [0, 0.1) is 5.41 Å². The number of nitrogens with zero attached hydrogens (tertiary/aromatic N) is 1. The summed E-state index contributed by atoms with van der Waals surface area (Å²) in [6.07, 6.45) is 6.27. The summed E-state index contributed by atoms with van der Waals surface area (Å²) >= 11 is 9.06. The van der Waals surface area contributed by atoms with Crippen molar-refractivity contribution < 1.29 is 13.5 Å². The van der Waals surface area contributed by atoms with Crippen molar-refractivity contribution in [2.45, 2.75) is 37.0 Å². The number of nitrogens with one attached hydrogen (secondary N) is 1. The third-order valence-corrected chi connectivity index (χ3v) is 6.21. The average molecular weight is 398 g/mol. The van der Waals surface area contributed by atoms with Crippen molar-refractivity contribution in [2.24, 2.45) is 5.41 Å². The normalized spacial score (nSPS) is 18.6. The molecule has 1 aromatic rings. The van der Waals surface area contributed by atoms with Gasteiger partial charge in [-0.3, -0.25) is 0 Å². The van der Waals surface area contributed by atoms with Crippen LogP contribution in [0.2, 0.25) is 5.15 Å². The minimum atomic E-state index is -3.75. The Bertz CT molecular complexity index is 603. The van der Waals surface area contributed by atoms with Crippen LogP contribution in [0.4, 0.5) is 0 Å². The highest BCUT2D eigenvalue weighted by Gasteiger charge is 2.33. The molecule has 0 bridgehead atoms. The van der Waals surface area contributed by atoms with Crippen molar-refractivity contribution in [3.63, 3.8) is 0 Å². The van der Waals surface area contributed by atoms with Gasteiger partial charge in [0.05, 0.1) is 0 Å². The van der Waals surface area contributed by atoms with E-state index in [1.54, 1.807) is 0 Å². The van der Waals surface area contributed by atoms with E-state index in [9.17, 15) is 13.5 Å². The van der Waals surface area contributed by atoms with Crippen molar-refractivity contribution >= 4 is 37.6 Å². The van der Waals surface area contributed by atoms with E-state index in [0.29, 0.717) is 4.47 Å². The molecule has 5 nitrogen and oxygen atoms in total. The second kappa shape index (κ2) is 6.91. The van der Waals surface area contributed by atoms with Gasteiger partial charge in [-0.15, -0.1) is 0 Å². The number of rotatable bonds is 5. The van der Waals surface area contributed by atoms with E-state index in [-0.39, 0.29) is 28.6 Å². The fraction of sp³-hybridized carbons (Fsp3) is 0.615. The second-order valence-electron chi connectivity index (χ2n) is 5.49. The zero-order valence-corrected chi connectivity index (χ0v) is 14.6. The van der Waals surface area contributed by atoms with Crippen molar-refractivity contribution in [2.75, 3.05) is 13.2 Å². The van der Waals surface area contributed by atoms with Gasteiger partial charge < -0.3 is 5.11 Å². The molecule has 1 aliphatic carbocycles. The van der Waals surface area contributed by atoms with Crippen LogP contribution in [0.3, 0.4) is 0 Å². The van der Waals surface area contributed by atoms with Crippen LogP contribution < -0.4 is 4.72 Å². The summed E-state index contributed by atoms with van der Waals surface area (Å²) in [4.78, 5) is 3.77. The number of halogens is 2. The van der Waals surface area contributed by atoms with E-state index < -0.39 is 10.0 Å². The molecule has 2 N–H and O–H groups in total. The summed E-state index contributed by atoms with van der Waals surface area (Å²) in [6, 6.07) is 1.42. The Hall–Kier alpha value is -0.210. The molecule has 0 atom stereocenters. The summed E-state index contributed by atoms with van der Waals surface area (Å²) in [5.41, 5.74) is -0.364. The van der Waals surface area contributed by atoms with Crippen molar-refractivity contribution in [3.8, 4) is 0 Å². The van der Waals surface area contributed by atoms with E-state index in [4.69, 9.17) is 11.6 Å². The van der Waals surface area contributed by atoms with Crippen LogP contribution in [0.5, 0.6) is 0 Å². The molecule has 1 heterocycles. The van der Waals surface area contributed by atoms with Crippen molar-refractivity contribution in [1.82, 2.24) is 9.71 Å². The topological polar surface area (TPSA) is 79.3 Å². The fourth-order valence-electron chi connectivity index (χ4n) is 2.61. The van der Waals surface area contributed by atoms with Gasteiger partial charge in [-0.1, -0.05) is 30.9 Å². The number of aliphatic hydroxyl groups excluding tert-OH is 1. The number of pyridine rings is 1. The van der Waals surface area contributed by atoms with E-state index in [1.807, 2.05) is 0 Å². The highest BCUT2D eigenvalue weighted by molar-refractivity contribution is 9.10. The molecule has 0 amide bonds. The molecule has 0 spiro atoms. The second-order valence-corrected chi connectivity index (χ2v) is 8.49. The smallest absolute Gasteiger partial charge is 0.243 e. The molecule has 21 heavy (non-hydrogen) atoms. The minimum Gasteiger partial charge on any atom is -0.396 e. The highest BCUT2D eigenvalue weighted by atomic mass is 79.9. The van der Waals surface area contributed by atoms with Gasteiger partial charge in [0.2, 0.25) is 10.0 Å². The molecule has 0 aromatic carbocycles. The van der Waals surface area contributed by atoms with Gasteiger partial charge >= 0.3 is 0 Å². The molecule has 0 radical (unpaired) electrons. The van der Waals surface area contributed by atoms with E-state index in [2.05, 4.69) is 25.6 Å². The number of aromatic nitrogens is 1. The van der Waals surface area contributed by atoms with Gasteiger partial charge in [-0.25, -0.2) is 18.1 Å². The molecule has 0 saturated heterocycles.